The second kappa shape index (κ2) is 9.07. The number of H-pyrrole nitrogens is 1. The molecule has 2 aromatic carbocycles. The van der Waals surface area contributed by atoms with Gasteiger partial charge in [-0.05, 0) is 43.9 Å². The molecule has 1 aliphatic carbocycles. The lowest BCUT2D eigenvalue weighted by molar-refractivity contribution is -0.121. The number of carbonyl (C=O) groups excluding carboxylic acids is 1. The first-order chi connectivity index (χ1) is 14.7. The van der Waals surface area contributed by atoms with Gasteiger partial charge in [0.1, 0.15) is 0 Å². The molecule has 2 N–H and O–H groups in total. The molecule has 30 heavy (non-hydrogen) atoms. The topological polar surface area (TPSA) is 85.5 Å². The van der Waals surface area contributed by atoms with Crippen LogP contribution in [-0.4, -0.2) is 42.5 Å². The van der Waals surface area contributed by atoms with E-state index >= 15 is 0 Å². The van der Waals surface area contributed by atoms with Crippen LogP contribution in [0.1, 0.15) is 31.4 Å². The van der Waals surface area contributed by atoms with Crippen molar-refractivity contribution < 1.29 is 19.0 Å². The molecule has 1 fully saturated rings. The number of para-hydroxylation sites is 2. The van der Waals surface area contributed by atoms with E-state index < -0.39 is 0 Å². The van der Waals surface area contributed by atoms with E-state index in [-0.39, 0.29) is 18.1 Å². The van der Waals surface area contributed by atoms with Crippen LogP contribution in [0, 0.1) is 0 Å². The minimum atomic E-state index is 0.0169. The van der Waals surface area contributed by atoms with E-state index in [0.29, 0.717) is 23.7 Å². The first-order valence-corrected chi connectivity index (χ1v) is 10.3. The molecule has 1 amide bonds. The lowest BCUT2D eigenvalue weighted by Gasteiger charge is -2.30. The number of amides is 1. The zero-order valence-electron chi connectivity index (χ0n) is 17.3. The summed E-state index contributed by atoms with van der Waals surface area (Å²) in [6.07, 6.45) is 3.91. The van der Waals surface area contributed by atoms with Crippen LogP contribution in [0.3, 0.4) is 0 Å². The summed E-state index contributed by atoms with van der Waals surface area (Å²) < 4.78 is 17.0. The Kier molecular flexibility index (Phi) is 6.07. The molecule has 1 aliphatic rings. The summed E-state index contributed by atoms with van der Waals surface area (Å²) in [7, 11) is 3.22. The van der Waals surface area contributed by atoms with Gasteiger partial charge in [0.25, 0.3) is 0 Å². The third-order valence-electron chi connectivity index (χ3n) is 5.58. The monoisotopic (exact) mass is 409 g/mol. The Morgan fingerprint density at radius 3 is 2.57 bits per heavy atom. The number of carbonyl (C=O) groups is 1. The van der Waals surface area contributed by atoms with E-state index in [9.17, 15) is 4.79 Å². The maximum atomic E-state index is 12.5. The number of fused-ring (bicyclic) bond motifs is 1. The maximum absolute atomic E-state index is 12.5. The van der Waals surface area contributed by atoms with Crippen LogP contribution in [-0.2, 0) is 11.2 Å². The van der Waals surface area contributed by atoms with Gasteiger partial charge in [0.2, 0.25) is 11.7 Å². The highest BCUT2D eigenvalue weighted by atomic mass is 16.5. The van der Waals surface area contributed by atoms with E-state index in [0.717, 1.165) is 42.3 Å². The van der Waals surface area contributed by atoms with Crippen molar-refractivity contribution in [3.05, 3.63) is 48.2 Å². The number of aromatic nitrogens is 2. The van der Waals surface area contributed by atoms with Crippen molar-refractivity contribution in [2.24, 2.45) is 0 Å². The number of nitrogens with one attached hydrogen (secondary N) is 2. The summed E-state index contributed by atoms with van der Waals surface area (Å²) in [6.45, 7) is 0. The summed E-state index contributed by atoms with van der Waals surface area (Å²) in [5.74, 6) is 1.98. The molecular formula is C23H27N3O4. The Bertz CT molecular complexity index is 1010. The van der Waals surface area contributed by atoms with Gasteiger partial charge >= 0.3 is 0 Å². The number of methoxy groups -OCH3 is 2. The molecule has 0 saturated heterocycles. The molecule has 1 heterocycles. The Hall–Kier alpha value is -3.22. The number of hydrogen-bond acceptors (Lipinski definition) is 5. The zero-order chi connectivity index (χ0) is 20.9. The summed E-state index contributed by atoms with van der Waals surface area (Å²) in [4.78, 5) is 12.5. The van der Waals surface area contributed by atoms with Crippen LogP contribution in [0.25, 0.3) is 10.9 Å². The van der Waals surface area contributed by atoms with Crippen molar-refractivity contribution in [1.82, 2.24) is 15.5 Å². The lowest BCUT2D eigenvalue weighted by atomic mass is 9.92. The van der Waals surface area contributed by atoms with Gasteiger partial charge in [0, 0.05) is 11.4 Å². The predicted octanol–water partition coefficient (Wildman–Crippen LogP) is 3.63. The van der Waals surface area contributed by atoms with Crippen LogP contribution in [0.5, 0.6) is 17.2 Å². The predicted molar refractivity (Wildman–Crippen MR) is 114 cm³/mol. The van der Waals surface area contributed by atoms with Crippen LogP contribution in [0.2, 0.25) is 0 Å². The Balaban J connectivity index is 1.29. The fourth-order valence-electron chi connectivity index (χ4n) is 4.04. The van der Waals surface area contributed by atoms with Gasteiger partial charge in [-0.1, -0.05) is 24.3 Å². The third kappa shape index (κ3) is 4.35. The molecule has 1 aromatic heterocycles. The average Bonchev–Trinajstić information content (AvgIpc) is 3.17. The largest absolute Gasteiger partial charge is 0.493 e. The van der Waals surface area contributed by atoms with Crippen molar-refractivity contribution in [2.45, 2.75) is 44.2 Å². The molecule has 0 unspecified atom stereocenters. The fraction of sp³-hybridized carbons (Fsp3) is 0.391. The van der Waals surface area contributed by atoms with E-state index in [1.165, 1.54) is 0 Å². The highest BCUT2D eigenvalue weighted by molar-refractivity contribution is 5.87. The SMILES string of the molecule is COc1cccc(OC2CCC(NC(=O)Cc3[nH]nc4ccccc34)CC2)c1OC. The van der Waals surface area contributed by atoms with Gasteiger partial charge < -0.3 is 19.5 Å². The van der Waals surface area contributed by atoms with Gasteiger partial charge in [-0.25, -0.2) is 0 Å². The highest BCUT2D eigenvalue weighted by Gasteiger charge is 2.25. The van der Waals surface area contributed by atoms with Gasteiger partial charge in [0.15, 0.2) is 11.5 Å². The van der Waals surface area contributed by atoms with Crippen molar-refractivity contribution in [1.29, 1.82) is 0 Å². The summed E-state index contributed by atoms with van der Waals surface area (Å²) in [6, 6.07) is 13.6. The molecule has 0 radical (unpaired) electrons. The molecule has 0 aliphatic heterocycles. The normalized spacial score (nSPS) is 18.7. The summed E-state index contributed by atoms with van der Waals surface area (Å²) >= 11 is 0. The maximum Gasteiger partial charge on any atom is 0.226 e. The standard InChI is InChI=1S/C23H27N3O4/c1-28-20-8-5-9-21(23(20)29-2)30-16-12-10-15(11-13-16)24-22(27)14-19-17-6-3-4-7-18(17)25-26-19/h3-9,15-16H,10-14H2,1-2H3,(H,24,27)(H,25,26). The second-order valence-electron chi connectivity index (χ2n) is 7.55. The summed E-state index contributed by atoms with van der Waals surface area (Å²) in [5, 5.41) is 11.4. The van der Waals surface area contributed by atoms with Crippen molar-refractivity contribution in [2.75, 3.05) is 14.2 Å². The molecule has 7 heteroatoms. The third-order valence-corrected chi connectivity index (χ3v) is 5.58. The minimum absolute atomic E-state index is 0.0169. The molecule has 0 bridgehead atoms. The van der Waals surface area contributed by atoms with Gasteiger partial charge in [-0.3, -0.25) is 9.89 Å². The molecule has 158 valence electrons. The van der Waals surface area contributed by atoms with Crippen LogP contribution < -0.4 is 19.5 Å². The van der Waals surface area contributed by atoms with Crippen LogP contribution in [0.4, 0.5) is 0 Å². The van der Waals surface area contributed by atoms with E-state index in [4.69, 9.17) is 14.2 Å². The fourth-order valence-corrected chi connectivity index (χ4v) is 4.04. The molecular weight excluding hydrogens is 382 g/mol. The molecule has 7 nitrogen and oxygen atoms in total. The van der Waals surface area contributed by atoms with Gasteiger partial charge in [-0.15, -0.1) is 0 Å². The number of hydrogen-bond donors (Lipinski definition) is 2. The quantitative estimate of drug-likeness (QED) is 0.622. The van der Waals surface area contributed by atoms with Gasteiger partial charge in [-0.2, -0.15) is 5.10 Å². The highest BCUT2D eigenvalue weighted by Crippen LogP contribution is 2.38. The van der Waals surface area contributed by atoms with E-state index in [1.807, 2.05) is 42.5 Å². The van der Waals surface area contributed by atoms with Crippen LogP contribution in [0.15, 0.2) is 42.5 Å². The molecule has 4 rings (SSSR count). The molecule has 0 spiro atoms. The number of ether oxygens (including phenoxy) is 3. The van der Waals surface area contributed by atoms with Crippen molar-refractivity contribution in [3.63, 3.8) is 0 Å². The van der Waals surface area contributed by atoms with E-state index in [1.54, 1.807) is 14.2 Å². The Morgan fingerprint density at radius 1 is 1.03 bits per heavy atom. The molecule has 0 atom stereocenters. The Labute approximate surface area is 175 Å². The lowest BCUT2D eigenvalue weighted by Crippen LogP contribution is -2.40. The molecule has 3 aromatic rings. The zero-order valence-corrected chi connectivity index (χ0v) is 17.3. The number of benzene rings is 2. The first kappa shape index (κ1) is 20.1. The van der Waals surface area contributed by atoms with E-state index in [2.05, 4.69) is 15.5 Å². The number of aromatic amines is 1. The first-order valence-electron chi connectivity index (χ1n) is 10.3. The Morgan fingerprint density at radius 2 is 1.80 bits per heavy atom. The smallest absolute Gasteiger partial charge is 0.226 e. The van der Waals surface area contributed by atoms with Crippen LogP contribution >= 0.6 is 0 Å². The van der Waals surface area contributed by atoms with Crippen molar-refractivity contribution in [3.8, 4) is 17.2 Å². The summed E-state index contributed by atoms with van der Waals surface area (Å²) in [5.41, 5.74) is 1.73. The second-order valence-corrected chi connectivity index (χ2v) is 7.55. The number of nitrogens with zero attached hydrogens (tertiary/aromatic N) is 1. The average molecular weight is 409 g/mol. The minimum Gasteiger partial charge on any atom is -0.493 e. The number of rotatable bonds is 7. The molecule has 1 saturated carbocycles. The van der Waals surface area contributed by atoms with Gasteiger partial charge in [0.05, 0.1) is 38.0 Å². The van der Waals surface area contributed by atoms with Crippen molar-refractivity contribution >= 4 is 16.8 Å².